The van der Waals surface area contributed by atoms with Crippen LogP contribution in [0.2, 0.25) is 0 Å². The van der Waals surface area contributed by atoms with Crippen molar-refractivity contribution < 1.29 is 19.4 Å². The van der Waals surface area contributed by atoms with Gasteiger partial charge in [0.05, 0.1) is 24.7 Å². The molecule has 1 atom stereocenters. The third-order valence-electron chi connectivity index (χ3n) is 3.75. The maximum Gasteiger partial charge on any atom is 0.239 e. The van der Waals surface area contributed by atoms with Crippen molar-refractivity contribution in [1.82, 2.24) is 5.32 Å². The summed E-state index contributed by atoms with van der Waals surface area (Å²) in [6.45, 7) is 3.24. The van der Waals surface area contributed by atoms with Crippen LogP contribution >= 0.6 is 11.8 Å². The average Bonchev–Trinajstić information content (AvgIpc) is 2.95. The number of nitrogens with one attached hydrogen (secondary N) is 1. The van der Waals surface area contributed by atoms with E-state index in [0.717, 1.165) is 49.3 Å². The summed E-state index contributed by atoms with van der Waals surface area (Å²) in [6.07, 6.45) is 1.23. The van der Waals surface area contributed by atoms with Crippen molar-refractivity contribution in [3.05, 3.63) is 29.8 Å². The Morgan fingerprint density at radius 2 is 2.08 bits per heavy atom. The molecule has 0 bridgehead atoms. The van der Waals surface area contributed by atoms with E-state index in [1.165, 1.54) is 0 Å². The number of hydrogen-bond donors (Lipinski definition) is 1. The highest BCUT2D eigenvalue weighted by Crippen LogP contribution is 2.22. The summed E-state index contributed by atoms with van der Waals surface area (Å²) in [5, 5.41) is 20.5. The second-order valence-corrected chi connectivity index (χ2v) is 6.70. The van der Waals surface area contributed by atoms with Crippen LogP contribution in [0.15, 0.2) is 34.5 Å². The normalized spacial score (nSPS) is 22.6. The molecule has 25 heavy (non-hydrogen) atoms. The van der Waals surface area contributed by atoms with Gasteiger partial charge in [0.2, 0.25) is 5.91 Å². The summed E-state index contributed by atoms with van der Waals surface area (Å²) < 4.78 is 5.34. The minimum atomic E-state index is -1.27. The van der Waals surface area contributed by atoms with E-state index in [4.69, 9.17) is 4.74 Å². The van der Waals surface area contributed by atoms with E-state index < -0.39 is 17.1 Å². The van der Waals surface area contributed by atoms with Gasteiger partial charge in [-0.1, -0.05) is 23.9 Å². The van der Waals surface area contributed by atoms with Gasteiger partial charge in [-0.25, -0.2) is 0 Å². The van der Waals surface area contributed by atoms with Crippen LogP contribution in [-0.2, 0) is 14.3 Å². The fraction of sp³-hybridized carbons (Fsp3) is 0.375. The number of nitrogens with zero attached hydrogens (tertiary/aromatic N) is 3. The number of hydrogen-bond acceptors (Lipinski definition) is 8. The number of carbonyl (C=O) groups is 2. The molecular weight excluding hydrogens is 344 g/mol. The fourth-order valence-corrected chi connectivity index (χ4v) is 3.39. The minimum Gasteiger partial charge on any atom is -0.550 e. The van der Waals surface area contributed by atoms with E-state index in [1.807, 2.05) is 24.3 Å². The number of amides is 1. The molecule has 0 saturated carbocycles. The molecule has 0 unspecified atom stereocenters. The standard InChI is InChI=1S/C16H18N4O4S/c21-14(22)9-13-15(23)18-16(25-13)19-17-10-11-1-3-12(4-2-11)20-5-7-24-8-6-20/h1-4,10,13H,5-9H2,(H,21,22)(H,18,19,23)/p-1/b17-10-/t13-/m1/s1. The van der Waals surface area contributed by atoms with Gasteiger partial charge in [0.15, 0.2) is 5.17 Å². The zero-order valence-corrected chi connectivity index (χ0v) is 14.2. The number of benzene rings is 1. The lowest BCUT2D eigenvalue weighted by Gasteiger charge is -2.28. The Labute approximate surface area is 148 Å². The van der Waals surface area contributed by atoms with Crippen molar-refractivity contribution in [2.75, 3.05) is 31.2 Å². The second-order valence-electron chi connectivity index (χ2n) is 5.51. The average molecular weight is 361 g/mol. The van der Waals surface area contributed by atoms with Gasteiger partial charge in [-0.3, -0.25) is 4.79 Å². The first kappa shape index (κ1) is 17.4. The molecule has 132 valence electrons. The summed E-state index contributed by atoms with van der Waals surface area (Å²) in [5.41, 5.74) is 2.01. The molecule has 9 heteroatoms. The summed E-state index contributed by atoms with van der Waals surface area (Å²) >= 11 is 1.04. The molecule has 0 aliphatic carbocycles. The number of carboxylic acid groups (broad SMARTS) is 1. The Morgan fingerprint density at radius 1 is 1.36 bits per heavy atom. The molecule has 0 spiro atoms. The lowest BCUT2D eigenvalue weighted by atomic mass is 10.2. The Balaban J connectivity index is 1.57. The van der Waals surface area contributed by atoms with Crippen molar-refractivity contribution in [1.29, 1.82) is 0 Å². The number of anilines is 1. The third-order valence-corrected chi connectivity index (χ3v) is 4.83. The van der Waals surface area contributed by atoms with Crippen LogP contribution in [0.4, 0.5) is 5.69 Å². The summed E-state index contributed by atoms with van der Waals surface area (Å²) in [7, 11) is 0. The van der Waals surface area contributed by atoms with E-state index in [2.05, 4.69) is 20.4 Å². The first-order valence-corrected chi connectivity index (χ1v) is 8.71. The molecule has 8 nitrogen and oxygen atoms in total. The molecular formula is C16H17N4O4S-. The second kappa shape index (κ2) is 8.13. The van der Waals surface area contributed by atoms with E-state index in [9.17, 15) is 14.7 Å². The zero-order valence-electron chi connectivity index (χ0n) is 13.4. The number of ether oxygens (including phenoxy) is 1. The van der Waals surface area contributed by atoms with E-state index in [1.54, 1.807) is 6.21 Å². The monoisotopic (exact) mass is 361 g/mol. The van der Waals surface area contributed by atoms with Gasteiger partial charge in [-0.2, -0.15) is 5.10 Å². The zero-order chi connectivity index (χ0) is 17.6. The lowest BCUT2D eigenvalue weighted by Crippen LogP contribution is -2.36. The number of carboxylic acids is 1. The van der Waals surface area contributed by atoms with Gasteiger partial charge in [-0.15, -0.1) is 5.10 Å². The Morgan fingerprint density at radius 3 is 2.76 bits per heavy atom. The van der Waals surface area contributed by atoms with E-state index in [-0.39, 0.29) is 11.6 Å². The van der Waals surface area contributed by atoms with Crippen LogP contribution in [0.25, 0.3) is 0 Å². The number of rotatable bonds is 5. The van der Waals surface area contributed by atoms with E-state index in [0.29, 0.717) is 0 Å². The fourth-order valence-electron chi connectivity index (χ4n) is 2.48. The first-order valence-electron chi connectivity index (χ1n) is 7.83. The predicted molar refractivity (Wildman–Crippen MR) is 93.6 cm³/mol. The van der Waals surface area contributed by atoms with Gasteiger partial charge in [0, 0.05) is 31.2 Å². The largest absolute Gasteiger partial charge is 0.550 e. The molecule has 2 aliphatic rings. The Bertz CT molecular complexity index is 699. The van der Waals surface area contributed by atoms with Crippen molar-refractivity contribution in [3.63, 3.8) is 0 Å². The molecule has 1 amide bonds. The van der Waals surface area contributed by atoms with Crippen LogP contribution in [0.1, 0.15) is 12.0 Å². The van der Waals surface area contributed by atoms with Crippen molar-refractivity contribution in [2.24, 2.45) is 10.2 Å². The van der Waals surface area contributed by atoms with E-state index >= 15 is 0 Å². The minimum absolute atomic E-state index is 0.289. The Kier molecular flexibility index (Phi) is 5.67. The van der Waals surface area contributed by atoms with Gasteiger partial charge in [0.1, 0.15) is 0 Å². The smallest absolute Gasteiger partial charge is 0.239 e. The van der Waals surface area contributed by atoms with Crippen LogP contribution < -0.4 is 15.3 Å². The molecule has 1 aromatic rings. The highest BCUT2D eigenvalue weighted by Gasteiger charge is 2.30. The number of thioether (sulfide) groups is 1. The lowest BCUT2D eigenvalue weighted by molar-refractivity contribution is -0.305. The molecule has 3 rings (SSSR count). The maximum atomic E-state index is 11.6. The van der Waals surface area contributed by atoms with Crippen LogP contribution in [0, 0.1) is 0 Å². The highest BCUT2D eigenvalue weighted by molar-refractivity contribution is 8.15. The van der Waals surface area contributed by atoms with Crippen LogP contribution in [0.3, 0.4) is 0 Å². The number of morpholine rings is 1. The SMILES string of the molecule is O=C([O-])C[C@H]1S/C(=N/N=C\c2ccc(N3CCOCC3)cc2)NC1=O. The number of aliphatic carboxylic acids is 1. The molecule has 0 aromatic heterocycles. The van der Waals surface area contributed by atoms with Gasteiger partial charge < -0.3 is 24.9 Å². The third kappa shape index (κ3) is 4.80. The number of carbonyl (C=O) groups excluding carboxylic acids is 2. The van der Waals surface area contributed by atoms with Gasteiger partial charge in [-0.05, 0) is 17.7 Å². The van der Waals surface area contributed by atoms with Crippen LogP contribution in [0.5, 0.6) is 0 Å². The topological polar surface area (TPSA) is 106 Å². The molecule has 2 heterocycles. The van der Waals surface area contributed by atoms with Crippen LogP contribution in [-0.4, -0.2) is 54.8 Å². The molecule has 2 saturated heterocycles. The Hall–Kier alpha value is -2.39. The quantitative estimate of drug-likeness (QED) is 0.564. The van der Waals surface area contributed by atoms with Gasteiger partial charge in [0.25, 0.3) is 0 Å². The summed E-state index contributed by atoms with van der Waals surface area (Å²) in [4.78, 5) is 24.4. The van der Waals surface area contributed by atoms with Crippen molar-refractivity contribution in [2.45, 2.75) is 11.7 Å². The highest BCUT2D eigenvalue weighted by atomic mass is 32.2. The first-order chi connectivity index (χ1) is 12.1. The molecule has 0 radical (unpaired) electrons. The summed E-state index contributed by atoms with van der Waals surface area (Å²) in [5.74, 6) is -1.66. The summed E-state index contributed by atoms with van der Waals surface area (Å²) in [6, 6.07) is 7.91. The van der Waals surface area contributed by atoms with Gasteiger partial charge >= 0.3 is 0 Å². The molecule has 2 fully saturated rings. The number of amidine groups is 1. The van der Waals surface area contributed by atoms with Crippen molar-refractivity contribution >= 4 is 40.7 Å². The molecule has 1 N–H and O–H groups in total. The van der Waals surface area contributed by atoms with Crippen molar-refractivity contribution in [3.8, 4) is 0 Å². The maximum absolute atomic E-state index is 11.6. The molecule has 1 aromatic carbocycles. The molecule has 2 aliphatic heterocycles. The predicted octanol–water partition coefficient (Wildman–Crippen LogP) is -0.415.